The van der Waals surface area contributed by atoms with Crippen molar-refractivity contribution in [3.05, 3.63) is 29.8 Å². The molecule has 6 nitrogen and oxygen atoms in total. The van der Waals surface area contributed by atoms with E-state index in [0.29, 0.717) is 0 Å². The molecule has 0 saturated heterocycles. The van der Waals surface area contributed by atoms with E-state index in [4.69, 9.17) is 9.84 Å². The first kappa shape index (κ1) is 24.1. The van der Waals surface area contributed by atoms with E-state index in [-0.39, 0.29) is 17.1 Å². The monoisotopic (exact) mass is 412 g/mol. The standard InChI is InChI=1S/C21H32O6S/c1-2-3-4-5-6-7-8-9-10-13-16-27-21(24)18-14-11-12-15-19(18)28(25,26)17-20(22)23/h11-12,14-15H,2-10,13,16-17H2,1H3,(H,22,23). The van der Waals surface area contributed by atoms with Crippen LogP contribution in [0.3, 0.4) is 0 Å². The van der Waals surface area contributed by atoms with E-state index in [1.807, 2.05) is 0 Å². The minimum atomic E-state index is -4.09. The van der Waals surface area contributed by atoms with Gasteiger partial charge in [-0.25, -0.2) is 13.2 Å². The summed E-state index contributed by atoms with van der Waals surface area (Å²) in [6.45, 7) is 2.43. The highest BCUT2D eigenvalue weighted by Crippen LogP contribution is 2.18. The topological polar surface area (TPSA) is 97.7 Å². The summed E-state index contributed by atoms with van der Waals surface area (Å²) in [6.07, 6.45) is 11.7. The van der Waals surface area contributed by atoms with Crippen molar-refractivity contribution in [3.8, 4) is 0 Å². The average molecular weight is 413 g/mol. The van der Waals surface area contributed by atoms with Gasteiger partial charge in [-0.3, -0.25) is 4.79 Å². The fourth-order valence-electron chi connectivity index (χ4n) is 2.98. The van der Waals surface area contributed by atoms with Gasteiger partial charge in [-0.15, -0.1) is 0 Å². The largest absolute Gasteiger partial charge is 0.480 e. The van der Waals surface area contributed by atoms with Crippen molar-refractivity contribution in [1.29, 1.82) is 0 Å². The average Bonchev–Trinajstić information content (AvgIpc) is 2.65. The summed E-state index contributed by atoms with van der Waals surface area (Å²) in [4.78, 5) is 22.7. The Hall–Kier alpha value is -1.89. The number of unbranched alkanes of at least 4 members (excludes halogenated alkanes) is 9. The first-order valence-corrected chi connectivity index (χ1v) is 11.7. The van der Waals surface area contributed by atoms with Crippen LogP contribution in [0.25, 0.3) is 0 Å². The van der Waals surface area contributed by atoms with Crippen LogP contribution in [-0.4, -0.2) is 37.8 Å². The Labute approximate surface area is 168 Å². The number of carbonyl (C=O) groups excluding carboxylic acids is 1. The van der Waals surface area contributed by atoms with E-state index in [2.05, 4.69) is 6.92 Å². The van der Waals surface area contributed by atoms with E-state index in [1.165, 1.54) is 69.2 Å². The van der Waals surface area contributed by atoms with Crippen molar-refractivity contribution < 1.29 is 27.9 Å². The Kier molecular flexibility index (Phi) is 11.5. The van der Waals surface area contributed by atoms with E-state index in [9.17, 15) is 18.0 Å². The summed E-state index contributed by atoms with van der Waals surface area (Å²) < 4.78 is 29.5. The molecule has 0 fully saturated rings. The van der Waals surface area contributed by atoms with Gasteiger partial charge in [0, 0.05) is 0 Å². The summed E-state index contributed by atoms with van der Waals surface area (Å²) in [7, 11) is -4.09. The molecule has 0 spiro atoms. The number of aliphatic carboxylic acids is 1. The fraction of sp³-hybridized carbons (Fsp3) is 0.619. The molecule has 28 heavy (non-hydrogen) atoms. The van der Waals surface area contributed by atoms with Crippen molar-refractivity contribution in [3.63, 3.8) is 0 Å². The smallest absolute Gasteiger partial charge is 0.339 e. The molecule has 1 aromatic carbocycles. The van der Waals surface area contributed by atoms with Gasteiger partial charge in [0.25, 0.3) is 0 Å². The van der Waals surface area contributed by atoms with Gasteiger partial charge in [-0.05, 0) is 18.6 Å². The maximum absolute atomic E-state index is 12.2. The Morgan fingerprint density at radius 3 is 2.00 bits per heavy atom. The van der Waals surface area contributed by atoms with E-state index >= 15 is 0 Å². The van der Waals surface area contributed by atoms with E-state index in [1.54, 1.807) is 0 Å². The number of carbonyl (C=O) groups is 2. The van der Waals surface area contributed by atoms with Gasteiger partial charge < -0.3 is 9.84 Å². The molecule has 0 radical (unpaired) electrons. The Balaban J connectivity index is 2.34. The highest BCUT2D eigenvalue weighted by Gasteiger charge is 2.25. The van der Waals surface area contributed by atoms with Crippen LogP contribution in [0, 0.1) is 0 Å². The number of rotatable bonds is 15. The lowest BCUT2D eigenvalue weighted by Crippen LogP contribution is -2.19. The van der Waals surface area contributed by atoms with Gasteiger partial charge in [0.15, 0.2) is 15.6 Å². The molecule has 1 N–H and O–H groups in total. The van der Waals surface area contributed by atoms with Gasteiger partial charge in [0.1, 0.15) is 0 Å². The van der Waals surface area contributed by atoms with Crippen LogP contribution in [0.15, 0.2) is 29.2 Å². The van der Waals surface area contributed by atoms with Crippen LogP contribution in [0.5, 0.6) is 0 Å². The summed E-state index contributed by atoms with van der Waals surface area (Å²) in [5.74, 6) is -3.26. The Morgan fingerprint density at radius 1 is 0.893 bits per heavy atom. The fourth-order valence-corrected chi connectivity index (χ4v) is 4.23. The van der Waals surface area contributed by atoms with Crippen molar-refractivity contribution in [2.75, 3.05) is 12.4 Å². The maximum Gasteiger partial charge on any atom is 0.339 e. The van der Waals surface area contributed by atoms with Crippen LogP contribution < -0.4 is 0 Å². The van der Waals surface area contributed by atoms with Crippen LogP contribution in [0.2, 0.25) is 0 Å². The van der Waals surface area contributed by atoms with Crippen molar-refractivity contribution in [2.45, 2.75) is 76.0 Å². The highest BCUT2D eigenvalue weighted by molar-refractivity contribution is 7.92. The molecule has 7 heteroatoms. The second-order valence-corrected chi connectivity index (χ2v) is 8.92. The molecule has 0 amide bonds. The van der Waals surface area contributed by atoms with E-state index in [0.717, 1.165) is 19.3 Å². The minimum absolute atomic E-state index is 0.115. The quantitative estimate of drug-likeness (QED) is 0.333. The van der Waals surface area contributed by atoms with E-state index < -0.39 is 27.5 Å². The molecule has 0 bridgehead atoms. The van der Waals surface area contributed by atoms with Crippen LogP contribution >= 0.6 is 0 Å². The number of hydrogen-bond acceptors (Lipinski definition) is 5. The van der Waals surface area contributed by atoms with Crippen LogP contribution in [0.1, 0.15) is 81.5 Å². The summed E-state index contributed by atoms with van der Waals surface area (Å²) in [6, 6.07) is 5.55. The summed E-state index contributed by atoms with van der Waals surface area (Å²) in [5.41, 5.74) is -0.115. The molecular weight excluding hydrogens is 380 g/mol. The normalized spacial score (nSPS) is 11.3. The first-order valence-electron chi connectivity index (χ1n) is 10.1. The van der Waals surface area contributed by atoms with Gasteiger partial charge in [0.2, 0.25) is 0 Å². The molecule has 0 unspecified atom stereocenters. The maximum atomic E-state index is 12.2. The predicted octanol–water partition coefficient (Wildman–Crippen LogP) is 4.62. The van der Waals surface area contributed by atoms with Gasteiger partial charge >= 0.3 is 11.9 Å². The van der Waals surface area contributed by atoms with Crippen molar-refractivity contribution >= 4 is 21.8 Å². The van der Waals surface area contributed by atoms with Crippen molar-refractivity contribution in [1.82, 2.24) is 0 Å². The molecule has 1 aromatic rings. The number of esters is 1. The molecular formula is C21H32O6S. The zero-order valence-electron chi connectivity index (χ0n) is 16.7. The zero-order valence-corrected chi connectivity index (χ0v) is 17.5. The molecule has 0 heterocycles. The van der Waals surface area contributed by atoms with Crippen LogP contribution in [-0.2, 0) is 19.4 Å². The molecule has 0 aliphatic carbocycles. The molecule has 0 atom stereocenters. The van der Waals surface area contributed by atoms with Gasteiger partial charge in [-0.2, -0.15) is 0 Å². The number of carboxylic acids is 1. The predicted molar refractivity (Wildman–Crippen MR) is 108 cm³/mol. The second-order valence-electron chi connectivity index (χ2n) is 6.97. The lowest BCUT2D eigenvalue weighted by atomic mass is 10.1. The molecule has 0 saturated carbocycles. The van der Waals surface area contributed by atoms with Gasteiger partial charge in [-0.1, -0.05) is 76.8 Å². The summed E-state index contributed by atoms with van der Waals surface area (Å²) >= 11 is 0. The lowest BCUT2D eigenvalue weighted by molar-refractivity contribution is -0.134. The number of ether oxygens (including phenoxy) is 1. The third kappa shape index (κ3) is 9.35. The summed E-state index contributed by atoms with van der Waals surface area (Å²) in [5, 5.41) is 8.76. The Morgan fingerprint density at radius 2 is 1.43 bits per heavy atom. The SMILES string of the molecule is CCCCCCCCCCCCOC(=O)c1ccccc1S(=O)(=O)CC(=O)O. The van der Waals surface area contributed by atoms with Crippen LogP contribution in [0.4, 0.5) is 0 Å². The first-order chi connectivity index (χ1) is 13.4. The molecule has 0 aliphatic rings. The number of hydrogen-bond donors (Lipinski definition) is 1. The molecule has 0 aliphatic heterocycles. The second kappa shape index (κ2) is 13.3. The minimum Gasteiger partial charge on any atom is -0.480 e. The molecule has 158 valence electrons. The highest BCUT2D eigenvalue weighted by atomic mass is 32.2. The number of benzene rings is 1. The van der Waals surface area contributed by atoms with Gasteiger partial charge in [0.05, 0.1) is 17.1 Å². The molecule has 0 aromatic heterocycles. The van der Waals surface area contributed by atoms with Crippen molar-refractivity contribution in [2.24, 2.45) is 0 Å². The third-order valence-electron chi connectivity index (χ3n) is 4.49. The number of sulfone groups is 1. The zero-order chi connectivity index (χ0) is 20.8. The molecule has 1 rings (SSSR count). The lowest BCUT2D eigenvalue weighted by Gasteiger charge is -2.09. The Bertz CT molecular complexity index is 711. The third-order valence-corrected chi connectivity index (χ3v) is 6.14. The number of carboxylic acid groups (broad SMARTS) is 1.